The molecule has 0 saturated heterocycles. The van der Waals surface area contributed by atoms with Gasteiger partial charge in [-0.1, -0.05) is 36.4 Å². The highest BCUT2D eigenvalue weighted by Gasteiger charge is 2.30. The lowest BCUT2D eigenvalue weighted by molar-refractivity contribution is -0.137. The number of halogens is 5. The van der Waals surface area contributed by atoms with E-state index in [1.165, 1.54) is 53.4 Å². The number of hydrogen-bond acceptors (Lipinski definition) is 5. The molecule has 0 amide bonds. The molecule has 1 heterocycles. The van der Waals surface area contributed by atoms with Crippen molar-refractivity contribution in [3.8, 4) is 16.3 Å². The van der Waals surface area contributed by atoms with Crippen LogP contribution < -0.4 is 4.74 Å². The van der Waals surface area contributed by atoms with Crippen LogP contribution in [-0.4, -0.2) is 10.1 Å². The number of thiazole rings is 1. The second kappa shape index (κ2) is 12.0. The van der Waals surface area contributed by atoms with Crippen molar-refractivity contribution in [2.75, 3.05) is 0 Å². The van der Waals surface area contributed by atoms with Gasteiger partial charge >= 0.3 is 6.18 Å². The summed E-state index contributed by atoms with van der Waals surface area (Å²) < 4.78 is 58.6. The zero-order valence-electron chi connectivity index (χ0n) is 19.3. The van der Waals surface area contributed by atoms with E-state index in [9.17, 15) is 22.7 Å². The minimum absolute atomic E-state index is 0.0887. The third kappa shape index (κ3) is 7.38. The summed E-state index contributed by atoms with van der Waals surface area (Å²) in [6, 6.07) is 8.92. The largest absolute Gasteiger partial charge is 0.508 e. The van der Waals surface area contributed by atoms with Crippen LogP contribution in [0.5, 0.6) is 5.75 Å². The Hall–Kier alpha value is -2.75. The summed E-state index contributed by atoms with van der Waals surface area (Å²) in [6.45, 7) is 7.44. The quantitative estimate of drug-likeness (QED) is 0.162. The first kappa shape index (κ1) is 27.8. The maximum atomic E-state index is 14.2. The van der Waals surface area contributed by atoms with E-state index in [1.807, 2.05) is 0 Å². The highest BCUT2D eigenvalue weighted by atomic mass is 35.5. The van der Waals surface area contributed by atoms with Gasteiger partial charge in [0.05, 0.1) is 16.3 Å². The summed E-state index contributed by atoms with van der Waals surface area (Å²) >= 11 is 8.74. The summed E-state index contributed by atoms with van der Waals surface area (Å²) in [4.78, 5) is 6.02. The predicted octanol–water partition coefficient (Wildman–Crippen LogP) is 9.36. The number of ether oxygens (including phenoxy) is 1. The van der Waals surface area contributed by atoms with Crippen LogP contribution in [0.3, 0.4) is 0 Å². The predicted molar refractivity (Wildman–Crippen MR) is 139 cm³/mol. The van der Waals surface area contributed by atoms with Crippen LogP contribution in [0.25, 0.3) is 10.6 Å². The average molecular weight is 556 g/mol. The Bertz CT molecular complexity index is 1270. The normalized spacial score (nSPS) is 11.6. The van der Waals surface area contributed by atoms with Crippen molar-refractivity contribution >= 4 is 34.7 Å². The highest BCUT2D eigenvalue weighted by Crippen LogP contribution is 2.36. The van der Waals surface area contributed by atoms with E-state index in [1.54, 1.807) is 26.0 Å². The van der Waals surface area contributed by atoms with E-state index in [0.29, 0.717) is 26.9 Å². The molecule has 0 aliphatic rings. The van der Waals surface area contributed by atoms with Crippen LogP contribution in [0.2, 0.25) is 5.02 Å². The number of rotatable bonds is 9. The van der Waals surface area contributed by atoms with Gasteiger partial charge in [-0.3, -0.25) is 0 Å². The summed E-state index contributed by atoms with van der Waals surface area (Å²) in [5.41, 5.74) is 1.03. The SMILES string of the molecule is C=C(/C=C\C(O)=C(C)C)SCc1sc(-c2ccc(C(F)(F)F)cc2)nc1COc1c(F)cccc1Cl. The second-order valence-electron chi connectivity index (χ2n) is 7.78. The molecule has 0 bridgehead atoms. The Morgan fingerprint density at radius 3 is 2.47 bits per heavy atom. The number of thioether (sulfide) groups is 1. The summed E-state index contributed by atoms with van der Waals surface area (Å²) in [6.07, 6.45) is -1.20. The molecule has 36 heavy (non-hydrogen) atoms. The van der Waals surface area contributed by atoms with Crippen LogP contribution in [0.4, 0.5) is 17.6 Å². The molecule has 3 nitrogen and oxygen atoms in total. The van der Waals surface area contributed by atoms with Crippen LogP contribution in [-0.2, 0) is 18.5 Å². The zero-order chi connectivity index (χ0) is 26.5. The maximum Gasteiger partial charge on any atom is 0.416 e. The molecule has 0 atom stereocenters. The van der Waals surface area contributed by atoms with Gasteiger partial charge in [-0.15, -0.1) is 23.1 Å². The first-order valence-corrected chi connectivity index (χ1v) is 12.7. The number of aliphatic hydroxyl groups is 1. The van der Waals surface area contributed by atoms with Gasteiger partial charge in [-0.2, -0.15) is 13.2 Å². The van der Waals surface area contributed by atoms with Crippen LogP contribution in [0.1, 0.15) is 30.0 Å². The van der Waals surface area contributed by atoms with Crippen molar-refractivity contribution in [3.05, 3.63) is 104 Å². The topological polar surface area (TPSA) is 42.4 Å². The fraction of sp³-hybridized carbons (Fsp3) is 0.192. The van der Waals surface area contributed by atoms with Crippen LogP contribution in [0, 0.1) is 5.82 Å². The van der Waals surface area contributed by atoms with Crippen LogP contribution in [0.15, 0.2) is 77.4 Å². The lowest BCUT2D eigenvalue weighted by Crippen LogP contribution is -2.04. The van der Waals surface area contributed by atoms with Gasteiger partial charge in [0, 0.05) is 21.1 Å². The van der Waals surface area contributed by atoms with Gasteiger partial charge in [-0.05, 0) is 55.8 Å². The maximum absolute atomic E-state index is 14.2. The molecule has 10 heteroatoms. The van der Waals surface area contributed by atoms with Gasteiger partial charge in [0.25, 0.3) is 0 Å². The molecule has 0 fully saturated rings. The number of benzene rings is 2. The monoisotopic (exact) mass is 555 g/mol. The highest BCUT2D eigenvalue weighted by molar-refractivity contribution is 8.02. The third-order valence-electron chi connectivity index (χ3n) is 4.84. The van der Waals surface area contributed by atoms with Gasteiger partial charge < -0.3 is 9.84 Å². The Kier molecular flexibility index (Phi) is 9.27. The molecular weight excluding hydrogens is 534 g/mol. The van der Waals surface area contributed by atoms with Crippen molar-refractivity contribution in [2.24, 2.45) is 0 Å². The first-order valence-electron chi connectivity index (χ1n) is 10.5. The number of nitrogens with zero attached hydrogens (tertiary/aromatic N) is 1. The number of allylic oxidation sites excluding steroid dienone is 3. The van der Waals surface area contributed by atoms with Crippen molar-refractivity contribution in [1.82, 2.24) is 4.98 Å². The second-order valence-corrected chi connectivity index (χ2v) is 10.4. The summed E-state index contributed by atoms with van der Waals surface area (Å²) in [5.74, 6) is -0.142. The molecule has 0 aliphatic carbocycles. The summed E-state index contributed by atoms with van der Waals surface area (Å²) in [7, 11) is 0. The number of aromatic nitrogens is 1. The fourth-order valence-corrected chi connectivity index (χ4v) is 4.98. The zero-order valence-corrected chi connectivity index (χ0v) is 21.7. The fourth-order valence-electron chi connectivity index (χ4n) is 2.84. The molecule has 0 unspecified atom stereocenters. The van der Waals surface area contributed by atoms with Crippen molar-refractivity contribution in [3.63, 3.8) is 0 Å². The summed E-state index contributed by atoms with van der Waals surface area (Å²) in [5, 5.41) is 10.4. The van der Waals surface area contributed by atoms with Crippen molar-refractivity contribution < 1.29 is 27.4 Å². The smallest absolute Gasteiger partial charge is 0.416 e. The molecule has 0 spiro atoms. The molecule has 1 N–H and O–H groups in total. The molecule has 3 rings (SSSR count). The van der Waals surface area contributed by atoms with E-state index in [-0.39, 0.29) is 23.1 Å². The average Bonchev–Trinajstić information content (AvgIpc) is 3.23. The van der Waals surface area contributed by atoms with Gasteiger partial charge in [-0.25, -0.2) is 9.37 Å². The Morgan fingerprint density at radius 2 is 1.86 bits per heavy atom. The minimum Gasteiger partial charge on any atom is -0.508 e. The third-order valence-corrected chi connectivity index (χ3v) is 7.40. The van der Waals surface area contributed by atoms with E-state index < -0.39 is 17.6 Å². The van der Waals surface area contributed by atoms with Crippen LogP contribution >= 0.6 is 34.7 Å². The van der Waals surface area contributed by atoms with E-state index in [4.69, 9.17) is 16.3 Å². The Balaban J connectivity index is 1.85. The standard InChI is InChI=1S/C26H22ClF4NO2S2/c1-15(2)22(33)12-7-16(3)35-14-23-21(13-34-24-19(27)5-4-6-20(24)28)32-25(36-23)17-8-10-18(11-9-17)26(29,30)31/h4-12,33H,3,13-14H2,1-2H3/b12-7-. The molecule has 0 radical (unpaired) electrons. The molecule has 0 saturated carbocycles. The molecule has 1 aromatic heterocycles. The lowest BCUT2D eigenvalue weighted by Gasteiger charge is -2.09. The van der Waals surface area contributed by atoms with Gasteiger partial charge in [0.2, 0.25) is 0 Å². The number of aliphatic hydroxyl groups excluding tert-OH is 1. The van der Waals surface area contributed by atoms with E-state index in [2.05, 4.69) is 11.6 Å². The number of para-hydroxylation sites is 1. The van der Waals surface area contributed by atoms with Crippen molar-refractivity contribution in [1.29, 1.82) is 0 Å². The van der Waals surface area contributed by atoms with Gasteiger partial charge in [0.1, 0.15) is 17.4 Å². The first-order chi connectivity index (χ1) is 17.0. The number of hydrogen-bond donors (Lipinski definition) is 1. The molecule has 2 aromatic carbocycles. The molecule has 190 valence electrons. The molecule has 0 aliphatic heterocycles. The molecular formula is C26H22ClF4NO2S2. The minimum atomic E-state index is -4.44. The van der Waals surface area contributed by atoms with Gasteiger partial charge in [0.15, 0.2) is 11.6 Å². The lowest BCUT2D eigenvalue weighted by atomic mass is 10.1. The van der Waals surface area contributed by atoms with E-state index >= 15 is 0 Å². The van der Waals surface area contributed by atoms with Crippen molar-refractivity contribution in [2.45, 2.75) is 32.4 Å². The molecule has 3 aromatic rings. The Labute approximate surface area is 219 Å². The van der Waals surface area contributed by atoms with E-state index in [0.717, 1.165) is 22.6 Å². The Morgan fingerprint density at radius 1 is 1.17 bits per heavy atom. The number of alkyl halides is 3.